The molecule has 1 aliphatic rings. The summed E-state index contributed by atoms with van der Waals surface area (Å²) in [4.78, 5) is 26.3. The average molecular weight is 227 g/mol. The van der Waals surface area contributed by atoms with Gasteiger partial charge in [-0.3, -0.25) is 14.5 Å². The number of rotatable bonds is 4. The largest absolute Gasteiger partial charge is 0.369 e. The fraction of sp³-hybridized carbons (Fsp3) is 0.818. The Bertz CT molecular complexity index is 258. The zero-order valence-corrected chi connectivity index (χ0v) is 10.1. The highest BCUT2D eigenvalue weighted by atomic mass is 16.2. The van der Waals surface area contributed by atoms with E-state index in [1.807, 2.05) is 23.6 Å². The molecule has 0 aliphatic carbocycles. The molecular formula is C11H21N3O2. The van der Waals surface area contributed by atoms with Crippen LogP contribution in [0.4, 0.5) is 0 Å². The predicted octanol–water partition coefficient (Wildman–Crippen LogP) is -0.338. The zero-order valence-electron chi connectivity index (χ0n) is 10.1. The molecule has 92 valence electrons. The second-order valence-electron chi connectivity index (χ2n) is 4.72. The van der Waals surface area contributed by atoms with E-state index in [2.05, 4.69) is 0 Å². The van der Waals surface area contributed by atoms with Gasteiger partial charge in [-0.25, -0.2) is 0 Å². The molecule has 1 fully saturated rings. The number of carbonyl (C=O) groups is 2. The minimum atomic E-state index is -0.304. The summed E-state index contributed by atoms with van der Waals surface area (Å²) in [6.07, 6.45) is 0.607. The summed E-state index contributed by atoms with van der Waals surface area (Å²) in [7, 11) is 0. The molecule has 0 aromatic carbocycles. The Morgan fingerprint density at radius 2 is 1.75 bits per heavy atom. The summed E-state index contributed by atoms with van der Waals surface area (Å²) in [5.41, 5.74) is 5.12. The number of amides is 2. The molecule has 0 radical (unpaired) electrons. The number of nitrogens with two attached hydrogens (primary N) is 1. The van der Waals surface area contributed by atoms with E-state index in [0.29, 0.717) is 32.0 Å². The van der Waals surface area contributed by atoms with Gasteiger partial charge in [0.15, 0.2) is 0 Å². The fourth-order valence-electron chi connectivity index (χ4n) is 1.85. The molecule has 0 bridgehead atoms. The van der Waals surface area contributed by atoms with Crippen molar-refractivity contribution < 1.29 is 9.59 Å². The smallest absolute Gasteiger partial charge is 0.231 e. The topological polar surface area (TPSA) is 66.6 Å². The summed E-state index contributed by atoms with van der Waals surface area (Å²) in [5, 5.41) is 0. The Kier molecular flexibility index (Phi) is 4.73. The van der Waals surface area contributed by atoms with E-state index in [1.54, 1.807) is 0 Å². The van der Waals surface area contributed by atoms with Crippen molar-refractivity contribution in [3.05, 3.63) is 0 Å². The van der Waals surface area contributed by atoms with Gasteiger partial charge in [-0.15, -0.1) is 0 Å². The van der Waals surface area contributed by atoms with Gasteiger partial charge >= 0.3 is 0 Å². The van der Waals surface area contributed by atoms with Gasteiger partial charge in [0.2, 0.25) is 11.8 Å². The zero-order chi connectivity index (χ0) is 12.1. The molecular weight excluding hydrogens is 206 g/mol. The van der Waals surface area contributed by atoms with Crippen molar-refractivity contribution in [1.29, 1.82) is 0 Å². The minimum Gasteiger partial charge on any atom is -0.369 e. The highest BCUT2D eigenvalue weighted by Gasteiger charge is 2.21. The molecule has 5 heteroatoms. The molecule has 1 heterocycles. The monoisotopic (exact) mass is 227 g/mol. The van der Waals surface area contributed by atoms with Crippen molar-refractivity contribution in [2.45, 2.75) is 20.3 Å². The van der Waals surface area contributed by atoms with Crippen LogP contribution in [-0.2, 0) is 9.59 Å². The van der Waals surface area contributed by atoms with E-state index in [0.717, 1.165) is 13.1 Å². The Labute approximate surface area is 96.6 Å². The number of primary amides is 1. The molecule has 2 amide bonds. The molecule has 0 spiro atoms. The van der Waals surface area contributed by atoms with Crippen LogP contribution < -0.4 is 5.73 Å². The van der Waals surface area contributed by atoms with Gasteiger partial charge in [0.25, 0.3) is 0 Å². The molecule has 16 heavy (non-hydrogen) atoms. The van der Waals surface area contributed by atoms with Crippen molar-refractivity contribution in [2.24, 2.45) is 11.7 Å². The molecule has 2 N–H and O–H groups in total. The lowest BCUT2D eigenvalue weighted by Gasteiger charge is -2.34. The van der Waals surface area contributed by atoms with Crippen LogP contribution in [0.5, 0.6) is 0 Å². The summed E-state index contributed by atoms with van der Waals surface area (Å²) in [6, 6.07) is 0. The third-order valence-electron chi connectivity index (χ3n) is 2.69. The van der Waals surface area contributed by atoms with Crippen molar-refractivity contribution in [1.82, 2.24) is 9.80 Å². The predicted molar refractivity (Wildman–Crippen MR) is 61.7 cm³/mol. The first-order valence-electron chi connectivity index (χ1n) is 5.77. The molecule has 0 unspecified atom stereocenters. The molecule has 0 aromatic heterocycles. The van der Waals surface area contributed by atoms with Crippen molar-refractivity contribution >= 4 is 11.8 Å². The quantitative estimate of drug-likeness (QED) is 0.714. The Hall–Kier alpha value is -1.10. The van der Waals surface area contributed by atoms with E-state index >= 15 is 0 Å². The van der Waals surface area contributed by atoms with Crippen LogP contribution in [0.2, 0.25) is 0 Å². The number of carbonyl (C=O) groups excluding carboxylic acids is 2. The Morgan fingerprint density at radius 3 is 2.19 bits per heavy atom. The van der Waals surface area contributed by atoms with Gasteiger partial charge in [-0.2, -0.15) is 0 Å². The van der Waals surface area contributed by atoms with Crippen LogP contribution in [-0.4, -0.2) is 54.3 Å². The van der Waals surface area contributed by atoms with E-state index in [9.17, 15) is 9.59 Å². The minimum absolute atomic E-state index is 0.216. The highest BCUT2D eigenvalue weighted by molar-refractivity contribution is 5.77. The highest BCUT2D eigenvalue weighted by Crippen LogP contribution is 2.07. The molecule has 0 atom stereocenters. The van der Waals surface area contributed by atoms with Crippen LogP contribution in [0.3, 0.4) is 0 Å². The van der Waals surface area contributed by atoms with Gasteiger partial charge in [0.1, 0.15) is 0 Å². The van der Waals surface area contributed by atoms with E-state index in [4.69, 9.17) is 5.73 Å². The van der Waals surface area contributed by atoms with Crippen molar-refractivity contribution in [2.75, 3.05) is 32.7 Å². The second-order valence-corrected chi connectivity index (χ2v) is 4.72. The number of hydrogen-bond donors (Lipinski definition) is 1. The van der Waals surface area contributed by atoms with Crippen LogP contribution >= 0.6 is 0 Å². The van der Waals surface area contributed by atoms with Crippen molar-refractivity contribution in [3.8, 4) is 0 Å². The Morgan fingerprint density at radius 1 is 1.19 bits per heavy atom. The van der Waals surface area contributed by atoms with Gasteiger partial charge in [-0.05, 0) is 5.92 Å². The first kappa shape index (κ1) is 13.0. The summed E-state index contributed by atoms with van der Waals surface area (Å²) in [6.45, 7) is 7.28. The maximum atomic E-state index is 11.8. The summed E-state index contributed by atoms with van der Waals surface area (Å²) in [5.74, 6) is 0.312. The molecule has 0 saturated carbocycles. The Balaban J connectivity index is 2.31. The SMILES string of the molecule is CC(C)CC(=O)N1CCN(CC(N)=O)CC1. The molecule has 5 nitrogen and oxygen atoms in total. The lowest BCUT2D eigenvalue weighted by molar-refractivity contribution is -0.133. The van der Waals surface area contributed by atoms with E-state index < -0.39 is 0 Å². The summed E-state index contributed by atoms with van der Waals surface area (Å²) >= 11 is 0. The van der Waals surface area contributed by atoms with Gasteiger partial charge in [0, 0.05) is 32.6 Å². The van der Waals surface area contributed by atoms with Crippen molar-refractivity contribution in [3.63, 3.8) is 0 Å². The van der Waals surface area contributed by atoms with Gasteiger partial charge < -0.3 is 10.6 Å². The van der Waals surface area contributed by atoms with E-state index in [-0.39, 0.29) is 11.8 Å². The fourth-order valence-corrected chi connectivity index (χ4v) is 1.85. The molecule has 1 aliphatic heterocycles. The van der Waals surface area contributed by atoms with Gasteiger partial charge in [-0.1, -0.05) is 13.8 Å². The molecule has 1 saturated heterocycles. The van der Waals surface area contributed by atoms with Crippen LogP contribution in [0.25, 0.3) is 0 Å². The first-order valence-corrected chi connectivity index (χ1v) is 5.77. The number of nitrogens with zero attached hydrogens (tertiary/aromatic N) is 2. The third kappa shape index (κ3) is 4.18. The first-order chi connectivity index (χ1) is 7.49. The van der Waals surface area contributed by atoms with E-state index in [1.165, 1.54) is 0 Å². The molecule has 0 aromatic rings. The van der Waals surface area contributed by atoms with Crippen LogP contribution in [0.1, 0.15) is 20.3 Å². The lowest BCUT2D eigenvalue weighted by Crippen LogP contribution is -2.50. The van der Waals surface area contributed by atoms with Crippen LogP contribution in [0, 0.1) is 5.92 Å². The molecule has 1 rings (SSSR count). The normalized spacial score (nSPS) is 17.8. The summed E-state index contributed by atoms with van der Waals surface area (Å²) < 4.78 is 0. The maximum Gasteiger partial charge on any atom is 0.231 e. The maximum absolute atomic E-state index is 11.8. The second kappa shape index (κ2) is 5.84. The standard InChI is InChI=1S/C11H21N3O2/c1-9(2)7-11(16)14-5-3-13(4-6-14)8-10(12)15/h9H,3-8H2,1-2H3,(H2,12,15). The van der Waals surface area contributed by atoms with Gasteiger partial charge in [0.05, 0.1) is 6.54 Å². The average Bonchev–Trinajstić information content (AvgIpc) is 2.16. The van der Waals surface area contributed by atoms with Crippen LogP contribution in [0.15, 0.2) is 0 Å². The lowest BCUT2D eigenvalue weighted by atomic mass is 10.1. The third-order valence-corrected chi connectivity index (χ3v) is 2.69. The number of hydrogen-bond acceptors (Lipinski definition) is 3. The number of piperazine rings is 1.